The molecule has 4 nitrogen and oxygen atoms in total. The Morgan fingerprint density at radius 1 is 1.13 bits per heavy atom. The largest absolute Gasteiger partial charge is 0.416 e. The summed E-state index contributed by atoms with van der Waals surface area (Å²) in [4.78, 5) is 4.99. The third-order valence-electron chi connectivity index (χ3n) is 8.20. The molecule has 2 atom stereocenters. The Balaban J connectivity index is 0.000000648. The molecule has 7 heteroatoms. The average molecular weight is 546 g/mol. The maximum Gasteiger partial charge on any atom is 0.416 e. The predicted molar refractivity (Wildman–Crippen MR) is 147 cm³/mol. The zero-order valence-corrected chi connectivity index (χ0v) is 24.0. The number of nitrogens with zero attached hydrogens (tertiary/aromatic N) is 1. The van der Waals surface area contributed by atoms with Gasteiger partial charge in [0.2, 0.25) is 0 Å². The fourth-order valence-electron chi connectivity index (χ4n) is 5.87. The monoisotopic (exact) mass is 545 g/mol. The van der Waals surface area contributed by atoms with Crippen LogP contribution in [-0.4, -0.2) is 23.3 Å². The number of benzene rings is 1. The van der Waals surface area contributed by atoms with Gasteiger partial charge in [0.15, 0.2) is 0 Å². The van der Waals surface area contributed by atoms with Crippen molar-refractivity contribution in [2.75, 3.05) is 13.2 Å². The van der Waals surface area contributed by atoms with Gasteiger partial charge in [-0.25, -0.2) is 0 Å². The molecule has 2 unspecified atom stereocenters. The van der Waals surface area contributed by atoms with Crippen LogP contribution >= 0.6 is 0 Å². The fraction of sp³-hybridized carbons (Fsp3) is 0.594. The predicted octanol–water partition coefficient (Wildman–Crippen LogP) is 8.32. The number of ether oxygens (including phenoxy) is 2. The van der Waals surface area contributed by atoms with Crippen molar-refractivity contribution in [2.45, 2.75) is 97.6 Å². The van der Waals surface area contributed by atoms with Crippen LogP contribution in [0.4, 0.5) is 13.2 Å². The Kier molecular flexibility index (Phi) is 8.38. The number of halogens is 3. The smallest absolute Gasteiger partial charge is 0.388 e. The highest BCUT2D eigenvalue weighted by Crippen LogP contribution is 2.57. The molecule has 1 aromatic carbocycles. The van der Waals surface area contributed by atoms with E-state index in [0.717, 1.165) is 52.4 Å². The molecule has 1 aliphatic carbocycles. The van der Waals surface area contributed by atoms with Crippen molar-refractivity contribution in [3.63, 3.8) is 0 Å². The van der Waals surface area contributed by atoms with E-state index in [1.807, 2.05) is 6.92 Å². The number of hydrogen-bond acceptors (Lipinski definition) is 4. The second-order valence-electron chi connectivity index (χ2n) is 12.5. The lowest BCUT2D eigenvalue weighted by Crippen LogP contribution is -2.37. The van der Waals surface area contributed by atoms with Gasteiger partial charge in [-0.15, -0.1) is 0 Å². The van der Waals surface area contributed by atoms with E-state index >= 15 is 0 Å². The molecule has 3 aliphatic rings. The first-order chi connectivity index (χ1) is 18.2. The summed E-state index contributed by atoms with van der Waals surface area (Å²) in [6, 6.07) is 5.15. The van der Waals surface area contributed by atoms with Gasteiger partial charge in [0.25, 0.3) is 0 Å². The molecule has 2 aromatic rings. The summed E-state index contributed by atoms with van der Waals surface area (Å²) in [5.74, 6) is 0.884. The van der Waals surface area contributed by atoms with Gasteiger partial charge in [0.1, 0.15) is 6.10 Å². The zero-order chi connectivity index (χ0) is 28.8. The van der Waals surface area contributed by atoms with Crippen LogP contribution in [-0.2, 0) is 27.7 Å². The Morgan fingerprint density at radius 2 is 1.72 bits per heavy atom. The molecule has 0 bridgehead atoms. The summed E-state index contributed by atoms with van der Waals surface area (Å²) in [7, 11) is 0. The molecular weight excluding hydrogens is 503 g/mol. The van der Waals surface area contributed by atoms with Gasteiger partial charge < -0.3 is 14.6 Å². The summed E-state index contributed by atoms with van der Waals surface area (Å²) in [5.41, 5.74) is 4.10. The summed E-state index contributed by atoms with van der Waals surface area (Å²) in [5, 5.41) is 11.3. The van der Waals surface area contributed by atoms with E-state index in [4.69, 9.17) is 14.5 Å². The number of pyridine rings is 1. The van der Waals surface area contributed by atoms with Crippen molar-refractivity contribution in [1.82, 2.24) is 4.98 Å². The molecule has 0 saturated carbocycles. The molecule has 39 heavy (non-hydrogen) atoms. The molecule has 1 spiro atoms. The number of aliphatic hydroxyl groups is 1. The molecular formula is C32H42F3NO3. The van der Waals surface area contributed by atoms with Crippen LogP contribution < -0.4 is 0 Å². The van der Waals surface area contributed by atoms with Gasteiger partial charge in [-0.1, -0.05) is 59.8 Å². The molecule has 5 rings (SSSR count). The van der Waals surface area contributed by atoms with Crippen molar-refractivity contribution >= 4 is 5.57 Å². The molecule has 1 fully saturated rings. The van der Waals surface area contributed by atoms with E-state index in [1.54, 1.807) is 0 Å². The molecule has 214 valence electrons. The first-order valence-corrected chi connectivity index (χ1v) is 14.0. The number of hydrogen-bond donors (Lipinski definition) is 1. The van der Waals surface area contributed by atoms with Crippen molar-refractivity contribution < 1.29 is 27.8 Å². The third kappa shape index (κ3) is 5.96. The van der Waals surface area contributed by atoms with E-state index < -0.39 is 29.5 Å². The van der Waals surface area contributed by atoms with Crippen LogP contribution in [0.25, 0.3) is 5.57 Å². The quantitative estimate of drug-likeness (QED) is 0.421. The van der Waals surface area contributed by atoms with Gasteiger partial charge in [-0.2, -0.15) is 13.2 Å². The number of rotatable bonds is 3. The number of aromatic nitrogens is 1. The average Bonchev–Trinajstić information content (AvgIpc) is 3.16. The number of aliphatic hydroxyl groups excluding tert-OH is 1. The van der Waals surface area contributed by atoms with Crippen LogP contribution in [0.5, 0.6) is 0 Å². The first-order valence-electron chi connectivity index (χ1n) is 14.0. The van der Waals surface area contributed by atoms with E-state index in [2.05, 4.69) is 41.2 Å². The van der Waals surface area contributed by atoms with Crippen LogP contribution in [0, 0.1) is 11.3 Å². The lowest BCUT2D eigenvalue weighted by atomic mass is 9.70. The third-order valence-corrected chi connectivity index (χ3v) is 8.20. The SMILES string of the molecule is C=C(C)c1nc2c(c3c1C(c1ccc(C(F)(F)F)cc1)OC31CCOCC1)C(O)CC(C)(C)C2.CCC(C)C. The Hall–Kier alpha value is -2.22. The molecule has 1 saturated heterocycles. The van der Waals surface area contributed by atoms with Gasteiger partial charge in [-0.05, 0) is 59.9 Å². The van der Waals surface area contributed by atoms with E-state index in [1.165, 1.54) is 18.6 Å². The molecule has 1 aromatic heterocycles. The molecule has 3 heterocycles. The van der Waals surface area contributed by atoms with Crippen LogP contribution in [0.15, 0.2) is 30.8 Å². The Bertz CT molecular complexity index is 1190. The summed E-state index contributed by atoms with van der Waals surface area (Å²) in [6.45, 7) is 18.0. The van der Waals surface area contributed by atoms with E-state index in [9.17, 15) is 18.3 Å². The van der Waals surface area contributed by atoms with E-state index in [0.29, 0.717) is 43.7 Å². The van der Waals surface area contributed by atoms with Crippen LogP contribution in [0.2, 0.25) is 0 Å². The summed E-state index contributed by atoms with van der Waals surface area (Å²) >= 11 is 0. The first kappa shape index (κ1) is 29.8. The zero-order valence-electron chi connectivity index (χ0n) is 24.0. The molecule has 0 radical (unpaired) electrons. The van der Waals surface area contributed by atoms with Gasteiger partial charge >= 0.3 is 6.18 Å². The molecule has 1 N–H and O–H groups in total. The van der Waals surface area contributed by atoms with Gasteiger partial charge in [-0.3, -0.25) is 4.98 Å². The summed E-state index contributed by atoms with van der Waals surface area (Å²) in [6.07, 6.45) is -1.83. The minimum absolute atomic E-state index is 0.102. The van der Waals surface area contributed by atoms with Crippen molar-refractivity contribution in [1.29, 1.82) is 0 Å². The highest BCUT2D eigenvalue weighted by atomic mass is 19.4. The van der Waals surface area contributed by atoms with Gasteiger partial charge in [0.05, 0.1) is 23.0 Å². The lowest BCUT2D eigenvalue weighted by molar-refractivity contribution is -0.137. The Labute approximate surface area is 230 Å². The highest BCUT2D eigenvalue weighted by molar-refractivity contribution is 5.68. The molecule has 0 amide bonds. The number of allylic oxidation sites excluding steroid dienone is 1. The number of fused-ring (bicyclic) bond motifs is 4. The normalized spacial score (nSPS) is 23.2. The van der Waals surface area contributed by atoms with Crippen molar-refractivity contribution in [2.24, 2.45) is 11.3 Å². The standard InChI is InChI=1S/C27H30F3NO3.C5H12/c1-15(2)23-21-22(20-18(31-23)13-25(3,4)14-19(20)32)26(9-11-33-12-10-26)34-24(21)16-5-7-17(8-6-16)27(28,29)30;1-4-5(2)3/h5-8,19,24,32H,1,9-14H2,2-4H3;5H,4H2,1-3H3. The van der Waals surface area contributed by atoms with Crippen molar-refractivity contribution in [3.05, 3.63) is 70.0 Å². The van der Waals surface area contributed by atoms with Gasteiger partial charge in [0, 0.05) is 42.9 Å². The minimum atomic E-state index is -4.41. The highest BCUT2D eigenvalue weighted by Gasteiger charge is 2.52. The summed E-state index contributed by atoms with van der Waals surface area (Å²) < 4.78 is 52.0. The van der Waals surface area contributed by atoms with E-state index in [-0.39, 0.29) is 5.41 Å². The maximum atomic E-state index is 13.2. The number of alkyl halides is 3. The lowest BCUT2D eigenvalue weighted by Gasteiger charge is -2.40. The second-order valence-corrected chi connectivity index (χ2v) is 12.5. The van der Waals surface area contributed by atoms with Crippen LogP contribution in [0.3, 0.4) is 0 Å². The fourth-order valence-corrected chi connectivity index (χ4v) is 5.87. The second kappa shape index (κ2) is 11.0. The van der Waals surface area contributed by atoms with Crippen molar-refractivity contribution in [3.8, 4) is 0 Å². The Morgan fingerprint density at radius 3 is 2.23 bits per heavy atom. The molecule has 2 aliphatic heterocycles. The topological polar surface area (TPSA) is 51.6 Å². The maximum absolute atomic E-state index is 13.2. The minimum Gasteiger partial charge on any atom is -0.388 e. The van der Waals surface area contributed by atoms with Crippen LogP contribution in [0.1, 0.15) is 119 Å².